The van der Waals surface area contributed by atoms with Crippen LogP contribution in [0, 0.1) is 0 Å². The van der Waals surface area contributed by atoms with Gasteiger partial charge in [-0.2, -0.15) is 0 Å². The average molecular weight is 296 g/mol. The van der Waals surface area contributed by atoms with E-state index in [1.807, 2.05) is 38.1 Å². The summed E-state index contributed by atoms with van der Waals surface area (Å²) in [6, 6.07) is 7.48. The van der Waals surface area contributed by atoms with E-state index in [1.54, 1.807) is 9.13 Å². The van der Waals surface area contributed by atoms with Gasteiger partial charge in [0.25, 0.3) is 0 Å². The molecule has 0 aliphatic rings. The Kier molecular flexibility index (Phi) is 4.32. The smallest absolute Gasteiger partial charge is 0.292 e. The number of imidazole rings is 1. The number of aromatic nitrogens is 2. The lowest BCUT2D eigenvalue weighted by Crippen LogP contribution is -2.27. The summed E-state index contributed by atoms with van der Waals surface area (Å²) in [6.45, 7) is 4.54. The summed E-state index contributed by atoms with van der Waals surface area (Å²) in [5.74, 6) is 0.187. The second-order valence-electron chi connectivity index (χ2n) is 4.82. The molecule has 20 heavy (non-hydrogen) atoms. The van der Waals surface area contributed by atoms with Crippen LogP contribution in [0.5, 0.6) is 0 Å². The standard InChI is InChI=1S/C14H20N2O3S/c1-3-10-20(18,19)11-9-16-13-8-6-5-7-12(13)15(4-2)14(16)17/h5-8H,3-4,9-11H2,1-2H3. The van der Waals surface area contributed by atoms with Gasteiger partial charge in [0.1, 0.15) is 0 Å². The van der Waals surface area contributed by atoms with Gasteiger partial charge in [0.05, 0.1) is 16.8 Å². The Morgan fingerprint density at radius 3 is 2.15 bits per heavy atom. The lowest BCUT2D eigenvalue weighted by atomic mass is 10.3. The third kappa shape index (κ3) is 2.80. The van der Waals surface area contributed by atoms with E-state index in [0.717, 1.165) is 11.0 Å². The molecule has 1 heterocycles. The van der Waals surface area contributed by atoms with Crippen molar-refractivity contribution in [1.82, 2.24) is 9.13 Å². The van der Waals surface area contributed by atoms with Gasteiger partial charge >= 0.3 is 5.69 Å². The number of para-hydroxylation sites is 2. The van der Waals surface area contributed by atoms with Gasteiger partial charge in [0.2, 0.25) is 0 Å². The minimum absolute atomic E-state index is 0.0124. The molecule has 1 aromatic carbocycles. The molecule has 0 N–H and O–H groups in total. The molecule has 2 rings (SSSR count). The maximum atomic E-state index is 12.3. The minimum atomic E-state index is -3.08. The number of fused-ring (bicyclic) bond motifs is 1. The molecule has 5 nitrogen and oxygen atoms in total. The van der Waals surface area contributed by atoms with Crippen molar-refractivity contribution in [3.8, 4) is 0 Å². The number of hydrogen-bond acceptors (Lipinski definition) is 3. The number of hydrogen-bond donors (Lipinski definition) is 0. The van der Waals surface area contributed by atoms with Crippen molar-refractivity contribution in [2.45, 2.75) is 33.4 Å². The molecule has 0 fully saturated rings. The van der Waals surface area contributed by atoms with Crippen molar-refractivity contribution in [1.29, 1.82) is 0 Å². The van der Waals surface area contributed by atoms with Crippen molar-refractivity contribution in [2.75, 3.05) is 11.5 Å². The molecule has 0 unspecified atom stereocenters. The second kappa shape index (κ2) is 5.83. The number of sulfone groups is 1. The summed E-state index contributed by atoms with van der Waals surface area (Å²) in [7, 11) is -3.08. The highest BCUT2D eigenvalue weighted by Gasteiger charge is 2.15. The maximum absolute atomic E-state index is 12.3. The Morgan fingerprint density at radius 1 is 1.00 bits per heavy atom. The van der Waals surface area contributed by atoms with Gasteiger partial charge in [-0.1, -0.05) is 19.1 Å². The van der Waals surface area contributed by atoms with Crippen molar-refractivity contribution in [3.63, 3.8) is 0 Å². The van der Waals surface area contributed by atoms with Crippen molar-refractivity contribution in [3.05, 3.63) is 34.7 Å². The summed E-state index contributed by atoms with van der Waals surface area (Å²) in [5.41, 5.74) is 1.51. The van der Waals surface area contributed by atoms with Crippen LogP contribution in [0.2, 0.25) is 0 Å². The summed E-state index contributed by atoms with van der Waals surface area (Å²) in [4.78, 5) is 12.3. The topological polar surface area (TPSA) is 61.1 Å². The van der Waals surface area contributed by atoms with E-state index < -0.39 is 9.84 Å². The van der Waals surface area contributed by atoms with E-state index >= 15 is 0 Å². The number of benzene rings is 1. The van der Waals surface area contributed by atoms with Crippen LogP contribution >= 0.6 is 0 Å². The molecule has 2 aromatic rings. The van der Waals surface area contributed by atoms with Crippen LogP contribution in [0.25, 0.3) is 11.0 Å². The quantitative estimate of drug-likeness (QED) is 0.814. The first-order valence-electron chi connectivity index (χ1n) is 6.88. The fraction of sp³-hybridized carbons (Fsp3) is 0.500. The fourth-order valence-corrected chi connectivity index (χ4v) is 3.72. The first kappa shape index (κ1) is 14.8. The highest BCUT2D eigenvalue weighted by Crippen LogP contribution is 2.12. The highest BCUT2D eigenvalue weighted by atomic mass is 32.2. The minimum Gasteiger partial charge on any atom is -0.292 e. The molecule has 0 bridgehead atoms. The van der Waals surface area contributed by atoms with Gasteiger partial charge in [-0.05, 0) is 25.5 Å². The molecule has 0 atom stereocenters. The van der Waals surface area contributed by atoms with Gasteiger partial charge < -0.3 is 0 Å². The van der Waals surface area contributed by atoms with Crippen molar-refractivity contribution in [2.24, 2.45) is 0 Å². The van der Waals surface area contributed by atoms with E-state index in [0.29, 0.717) is 13.0 Å². The molecule has 0 spiro atoms. The molecule has 0 aliphatic carbocycles. The third-order valence-electron chi connectivity index (χ3n) is 3.38. The molecule has 0 saturated carbocycles. The van der Waals surface area contributed by atoms with Crippen LogP contribution in [0.15, 0.2) is 29.1 Å². The normalized spacial score (nSPS) is 12.1. The van der Waals surface area contributed by atoms with E-state index in [2.05, 4.69) is 0 Å². The zero-order valence-corrected chi connectivity index (χ0v) is 12.7. The van der Waals surface area contributed by atoms with Gasteiger partial charge in [0.15, 0.2) is 9.84 Å². The van der Waals surface area contributed by atoms with E-state index in [1.165, 1.54) is 0 Å². The Labute approximate surface area is 118 Å². The SMILES string of the molecule is CCCS(=O)(=O)CCn1c(=O)n(CC)c2ccccc21. The summed E-state index contributed by atoms with van der Waals surface area (Å²) < 4.78 is 26.8. The van der Waals surface area contributed by atoms with Gasteiger partial charge in [-0.3, -0.25) is 9.13 Å². The first-order valence-corrected chi connectivity index (χ1v) is 8.70. The molecule has 0 amide bonds. The zero-order valence-electron chi connectivity index (χ0n) is 11.9. The predicted molar refractivity (Wildman–Crippen MR) is 80.8 cm³/mol. The number of nitrogens with zero attached hydrogens (tertiary/aromatic N) is 2. The Balaban J connectivity index is 2.40. The third-order valence-corrected chi connectivity index (χ3v) is 5.22. The number of aryl methyl sites for hydroxylation is 2. The first-order chi connectivity index (χ1) is 9.50. The van der Waals surface area contributed by atoms with Crippen molar-refractivity contribution < 1.29 is 8.42 Å². The lowest BCUT2D eigenvalue weighted by molar-refractivity contribution is 0.585. The van der Waals surface area contributed by atoms with Crippen molar-refractivity contribution >= 4 is 20.9 Å². The monoisotopic (exact) mass is 296 g/mol. The summed E-state index contributed by atoms with van der Waals surface area (Å²) in [6.07, 6.45) is 0.605. The number of rotatable bonds is 6. The molecular formula is C14H20N2O3S. The molecule has 6 heteroatoms. The molecule has 0 radical (unpaired) electrons. The average Bonchev–Trinajstić information content (AvgIpc) is 2.68. The molecule has 0 saturated heterocycles. The molecular weight excluding hydrogens is 276 g/mol. The van der Waals surface area contributed by atoms with E-state index in [-0.39, 0.29) is 23.7 Å². The second-order valence-corrected chi connectivity index (χ2v) is 7.12. The molecule has 1 aromatic heterocycles. The van der Waals surface area contributed by atoms with Gasteiger partial charge in [-0.15, -0.1) is 0 Å². The van der Waals surface area contributed by atoms with Crippen LogP contribution in [0.4, 0.5) is 0 Å². The Bertz CT molecular complexity index is 756. The van der Waals surface area contributed by atoms with Gasteiger partial charge in [-0.25, -0.2) is 13.2 Å². The van der Waals surface area contributed by atoms with Crippen LogP contribution in [0.3, 0.4) is 0 Å². The van der Waals surface area contributed by atoms with E-state index in [9.17, 15) is 13.2 Å². The van der Waals surface area contributed by atoms with Gasteiger partial charge in [0, 0.05) is 18.8 Å². The summed E-state index contributed by atoms with van der Waals surface area (Å²) >= 11 is 0. The zero-order chi connectivity index (χ0) is 14.8. The maximum Gasteiger partial charge on any atom is 0.329 e. The molecule has 0 aliphatic heterocycles. The van der Waals surface area contributed by atoms with Crippen LogP contribution < -0.4 is 5.69 Å². The lowest BCUT2D eigenvalue weighted by Gasteiger charge is -2.04. The highest BCUT2D eigenvalue weighted by molar-refractivity contribution is 7.91. The molecule has 110 valence electrons. The van der Waals surface area contributed by atoms with Crippen LogP contribution in [-0.2, 0) is 22.9 Å². The van der Waals surface area contributed by atoms with Crippen LogP contribution in [0.1, 0.15) is 20.3 Å². The Hall–Kier alpha value is -1.56. The largest absolute Gasteiger partial charge is 0.329 e. The fourth-order valence-electron chi connectivity index (χ4n) is 2.44. The van der Waals surface area contributed by atoms with Crippen LogP contribution in [-0.4, -0.2) is 29.1 Å². The predicted octanol–water partition coefficient (Wildman–Crippen LogP) is 1.65. The Morgan fingerprint density at radius 2 is 1.60 bits per heavy atom. The summed E-state index contributed by atoms with van der Waals surface area (Å²) in [5, 5.41) is 0. The van der Waals surface area contributed by atoms with E-state index in [4.69, 9.17) is 0 Å².